The van der Waals surface area contributed by atoms with Crippen molar-refractivity contribution in [2.24, 2.45) is 16.7 Å². The molecule has 0 radical (unpaired) electrons. The summed E-state index contributed by atoms with van der Waals surface area (Å²) in [6.07, 6.45) is 2.89. The molecule has 0 saturated heterocycles. The van der Waals surface area contributed by atoms with Gasteiger partial charge in [-0.3, -0.25) is 10.1 Å². The van der Waals surface area contributed by atoms with Crippen LogP contribution in [0.3, 0.4) is 0 Å². The molecule has 2 saturated carbocycles. The van der Waals surface area contributed by atoms with E-state index in [1.54, 1.807) is 0 Å². The van der Waals surface area contributed by atoms with Gasteiger partial charge in [-0.25, -0.2) is 13.1 Å². The Hall–Kier alpha value is -1.47. The van der Waals surface area contributed by atoms with Gasteiger partial charge in [0.2, 0.25) is 10.0 Å². The molecule has 2 fully saturated rings. The molecule has 0 heterocycles. The molecule has 7 heteroatoms. The summed E-state index contributed by atoms with van der Waals surface area (Å²) in [5.74, 6) is 0.492. The number of rotatable bonds is 4. The van der Waals surface area contributed by atoms with Crippen molar-refractivity contribution >= 4 is 15.7 Å². The molecule has 1 aromatic rings. The molecule has 0 aliphatic heterocycles. The fourth-order valence-corrected chi connectivity index (χ4v) is 6.00. The van der Waals surface area contributed by atoms with Gasteiger partial charge in [-0.1, -0.05) is 32.9 Å². The zero-order valence-electron chi connectivity index (χ0n) is 13.6. The molecule has 0 aromatic heterocycles. The van der Waals surface area contributed by atoms with E-state index in [2.05, 4.69) is 25.5 Å². The molecule has 3 rings (SSSR count). The minimum Gasteiger partial charge on any atom is -0.258 e. The van der Waals surface area contributed by atoms with Crippen LogP contribution in [0.25, 0.3) is 0 Å². The van der Waals surface area contributed by atoms with E-state index in [0.717, 1.165) is 19.3 Å². The van der Waals surface area contributed by atoms with Crippen molar-refractivity contribution in [3.8, 4) is 0 Å². The first-order valence-electron chi connectivity index (χ1n) is 7.85. The molecule has 3 atom stereocenters. The SMILES string of the molecule is CC1(C)[C@@H]2CC[C@]1(C)[C@@H](NS(=O)(=O)c1ccccc1[N+](=O)[O-])C2. The highest BCUT2D eigenvalue weighted by molar-refractivity contribution is 7.89. The highest BCUT2D eigenvalue weighted by Crippen LogP contribution is 2.65. The fourth-order valence-electron chi connectivity index (χ4n) is 4.47. The summed E-state index contributed by atoms with van der Waals surface area (Å²) in [6.45, 7) is 6.53. The summed E-state index contributed by atoms with van der Waals surface area (Å²) in [5, 5.41) is 11.1. The first-order chi connectivity index (χ1) is 10.6. The van der Waals surface area contributed by atoms with E-state index in [4.69, 9.17) is 0 Å². The number of para-hydroxylation sites is 1. The summed E-state index contributed by atoms with van der Waals surface area (Å²) in [6, 6.07) is 5.32. The van der Waals surface area contributed by atoms with Gasteiger partial charge in [0.25, 0.3) is 5.69 Å². The van der Waals surface area contributed by atoms with Crippen LogP contribution in [0.2, 0.25) is 0 Å². The lowest BCUT2D eigenvalue weighted by Gasteiger charge is -2.39. The Morgan fingerprint density at radius 2 is 1.91 bits per heavy atom. The predicted octanol–water partition coefficient (Wildman–Crippen LogP) is 3.09. The molecule has 23 heavy (non-hydrogen) atoms. The van der Waals surface area contributed by atoms with Gasteiger partial charge >= 0.3 is 0 Å². The maximum Gasteiger partial charge on any atom is 0.289 e. The molecular formula is C16H22N2O4S. The van der Waals surface area contributed by atoms with Gasteiger partial charge in [0.15, 0.2) is 4.90 Å². The molecule has 0 spiro atoms. The summed E-state index contributed by atoms with van der Waals surface area (Å²) < 4.78 is 28.2. The first-order valence-corrected chi connectivity index (χ1v) is 9.34. The second kappa shape index (κ2) is 5.01. The van der Waals surface area contributed by atoms with Crippen LogP contribution in [0, 0.1) is 26.9 Å². The van der Waals surface area contributed by atoms with Gasteiger partial charge in [0.05, 0.1) is 4.92 Å². The Kier molecular flexibility index (Phi) is 3.57. The van der Waals surface area contributed by atoms with Crippen LogP contribution in [0.4, 0.5) is 5.69 Å². The zero-order valence-corrected chi connectivity index (χ0v) is 14.4. The molecule has 2 bridgehead atoms. The Morgan fingerprint density at radius 3 is 2.43 bits per heavy atom. The fraction of sp³-hybridized carbons (Fsp3) is 0.625. The van der Waals surface area contributed by atoms with Crippen molar-refractivity contribution < 1.29 is 13.3 Å². The van der Waals surface area contributed by atoms with Crippen molar-refractivity contribution in [3.63, 3.8) is 0 Å². The Balaban J connectivity index is 1.94. The van der Waals surface area contributed by atoms with E-state index in [9.17, 15) is 18.5 Å². The summed E-state index contributed by atoms with van der Waals surface area (Å²) in [4.78, 5) is 10.2. The van der Waals surface area contributed by atoms with E-state index in [1.165, 1.54) is 24.3 Å². The minimum absolute atomic E-state index is 0.0722. The minimum atomic E-state index is -3.92. The quantitative estimate of drug-likeness (QED) is 0.675. The van der Waals surface area contributed by atoms with Gasteiger partial charge in [0, 0.05) is 12.1 Å². The number of hydrogen-bond donors (Lipinski definition) is 1. The van der Waals surface area contributed by atoms with Crippen molar-refractivity contribution in [1.82, 2.24) is 4.72 Å². The van der Waals surface area contributed by atoms with Gasteiger partial charge in [-0.15, -0.1) is 0 Å². The van der Waals surface area contributed by atoms with Crippen molar-refractivity contribution in [1.29, 1.82) is 0 Å². The third-order valence-electron chi connectivity index (χ3n) is 6.44. The third kappa shape index (κ3) is 2.29. The monoisotopic (exact) mass is 338 g/mol. The maximum absolute atomic E-state index is 12.7. The Morgan fingerprint density at radius 1 is 1.26 bits per heavy atom. The topological polar surface area (TPSA) is 89.3 Å². The van der Waals surface area contributed by atoms with Crippen LogP contribution in [0.15, 0.2) is 29.2 Å². The number of hydrogen-bond acceptors (Lipinski definition) is 4. The van der Waals surface area contributed by atoms with Crippen molar-refractivity contribution in [2.75, 3.05) is 0 Å². The van der Waals surface area contributed by atoms with Gasteiger partial charge in [0.1, 0.15) is 0 Å². The largest absolute Gasteiger partial charge is 0.289 e. The standard InChI is InChI=1S/C16H22N2O4S/c1-15(2)11-8-9-16(15,3)14(10-11)17-23(21,22)13-7-5-4-6-12(13)18(19)20/h4-7,11,14,17H,8-10H2,1-3H3/t11-,14+,16-/m1/s1. The zero-order chi connectivity index (χ0) is 17.0. The van der Waals surface area contributed by atoms with Crippen LogP contribution in [-0.2, 0) is 10.0 Å². The number of nitro groups is 1. The van der Waals surface area contributed by atoms with E-state index in [1.807, 2.05) is 0 Å². The lowest BCUT2D eigenvalue weighted by molar-refractivity contribution is -0.387. The summed E-state index contributed by atoms with van der Waals surface area (Å²) in [7, 11) is -3.92. The highest BCUT2D eigenvalue weighted by Gasteiger charge is 2.62. The second-order valence-electron chi connectivity index (χ2n) is 7.51. The molecule has 1 N–H and O–H groups in total. The lowest BCUT2D eigenvalue weighted by Crippen LogP contribution is -2.46. The second-order valence-corrected chi connectivity index (χ2v) is 9.19. The highest BCUT2D eigenvalue weighted by atomic mass is 32.2. The Bertz CT molecular complexity index is 759. The van der Waals surface area contributed by atoms with E-state index < -0.39 is 14.9 Å². The molecular weight excluding hydrogens is 316 g/mol. The number of nitrogens with one attached hydrogen (secondary N) is 1. The number of benzene rings is 1. The number of sulfonamides is 1. The maximum atomic E-state index is 12.7. The van der Waals surface area contributed by atoms with Gasteiger partial charge in [-0.2, -0.15) is 0 Å². The van der Waals surface area contributed by atoms with Crippen LogP contribution in [0.1, 0.15) is 40.0 Å². The first kappa shape index (κ1) is 16.4. The summed E-state index contributed by atoms with van der Waals surface area (Å²) >= 11 is 0. The van der Waals surface area contributed by atoms with Crippen LogP contribution >= 0.6 is 0 Å². The molecule has 2 aliphatic carbocycles. The number of fused-ring (bicyclic) bond motifs is 2. The smallest absolute Gasteiger partial charge is 0.258 e. The molecule has 2 aliphatic rings. The van der Waals surface area contributed by atoms with E-state index >= 15 is 0 Å². The molecule has 0 amide bonds. The van der Waals surface area contributed by atoms with Crippen LogP contribution in [-0.4, -0.2) is 19.4 Å². The van der Waals surface area contributed by atoms with Crippen LogP contribution < -0.4 is 4.72 Å². The van der Waals surface area contributed by atoms with Crippen molar-refractivity contribution in [2.45, 2.75) is 51.0 Å². The average molecular weight is 338 g/mol. The lowest BCUT2D eigenvalue weighted by atomic mass is 9.69. The normalized spacial score (nSPS) is 32.1. The Labute approximate surface area is 136 Å². The van der Waals surface area contributed by atoms with E-state index in [0.29, 0.717) is 5.92 Å². The third-order valence-corrected chi connectivity index (χ3v) is 7.96. The van der Waals surface area contributed by atoms with Crippen LogP contribution in [0.5, 0.6) is 0 Å². The van der Waals surface area contributed by atoms with Gasteiger partial charge in [-0.05, 0) is 42.1 Å². The number of nitrogens with zero attached hydrogens (tertiary/aromatic N) is 1. The summed E-state index contributed by atoms with van der Waals surface area (Å²) in [5.41, 5.74) is -0.426. The molecule has 6 nitrogen and oxygen atoms in total. The van der Waals surface area contributed by atoms with Crippen molar-refractivity contribution in [3.05, 3.63) is 34.4 Å². The molecule has 0 unspecified atom stereocenters. The number of nitro benzene ring substituents is 1. The molecule has 1 aromatic carbocycles. The van der Waals surface area contributed by atoms with E-state index in [-0.39, 0.29) is 27.5 Å². The average Bonchev–Trinajstić information content (AvgIpc) is 2.80. The predicted molar refractivity (Wildman–Crippen MR) is 86.4 cm³/mol. The molecule has 126 valence electrons. The van der Waals surface area contributed by atoms with Gasteiger partial charge < -0.3 is 0 Å².